The molecule has 0 aliphatic carbocycles. The molecule has 0 unspecified atom stereocenters. The Morgan fingerprint density at radius 1 is 1.00 bits per heavy atom. The van der Waals surface area contributed by atoms with E-state index in [1.54, 1.807) is 12.1 Å². The Morgan fingerprint density at radius 3 is 2.22 bits per heavy atom. The topological polar surface area (TPSA) is 75.3 Å². The lowest BCUT2D eigenvalue weighted by Crippen LogP contribution is -2.34. The fourth-order valence-corrected chi connectivity index (χ4v) is 2.90. The van der Waals surface area contributed by atoms with Gasteiger partial charge >= 0.3 is 0 Å². The van der Waals surface area contributed by atoms with Crippen molar-refractivity contribution in [2.45, 2.75) is 11.8 Å². The van der Waals surface area contributed by atoms with Crippen LogP contribution < -0.4 is 10.0 Å². The fourth-order valence-electron chi connectivity index (χ4n) is 1.87. The molecule has 122 valence electrons. The van der Waals surface area contributed by atoms with Gasteiger partial charge in [-0.25, -0.2) is 17.5 Å². The summed E-state index contributed by atoms with van der Waals surface area (Å²) in [6.45, 7) is 2.05. The minimum atomic E-state index is -3.60. The third-order valence-corrected chi connectivity index (χ3v) is 4.62. The van der Waals surface area contributed by atoms with Gasteiger partial charge in [-0.2, -0.15) is 0 Å². The maximum absolute atomic E-state index is 12.8. The lowest BCUT2D eigenvalue weighted by Gasteiger charge is -2.08. The molecular weight excluding hydrogens is 319 g/mol. The van der Waals surface area contributed by atoms with Crippen LogP contribution in [0.15, 0.2) is 53.4 Å². The van der Waals surface area contributed by atoms with Crippen molar-refractivity contribution in [2.75, 3.05) is 13.1 Å². The van der Waals surface area contributed by atoms with E-state index in [0.29, 0.717) is 5.56 Å². The molecule has 0 heterocycles. The zero-order valence-corrected chi connectivity index (χ0v) is 13.4. The molecule has 0 saturated heterocycles. The molecule has 0 radical (unpaired) electrons. The molecule has 0 atom stereocenters. The number of carbonyl (C=O) groups excluding carboxylic acids is 1. The Kier molecular flexibility index (Phi) is 5.46. The van der Waals surface area contributed by atoms with Crippen molar-refractivity contribution >= 4 is 15.9 Å². The Labute approximate surface area is 134 Å². The fraction of sp³-hybridized carbons (Fsp3) is 0.188. The summed E-state index contributed by atoms with van der Waals surface area (Å²) in [6.07, 6.45) is 0. The summed E-state index contributed by atoms with van der Waals surface area (Å²) in [4.78, 5) is 12.0. The maximum Gasteiger partial charge on any atom is 0.251 e. The van der Waals surface area contributed by atoms with Gasteiger partial charge < -0.3 is 5.32 Å². The number of hydrogen-bond donors (Lipinski definition) is 2. The lowest BCUT2D eigenvalue weighted by molar-refractivity contribution is 0.0954. The van der Waals surface area contributed by atoms with Crippen molar-refractivity contribution in [3.8, 4) is 0 Å². The number of aryl methyl sites for hydroxylation is 1. The Balaban J connectivity index is 1.83. The van der Waals surface area contributed by atoms with E-state index in [-0.39, 0.29) is 23.9 Å². The minimum absolute atomic E-state index is 0.0587. The first-order valence-electron chi connectivity index (χ1n) is 6.98. The molecule has 23 heavy (non-hydrogen) atoms. The maximum atomic E-state index is 12.8. The highest BCUT2D eigenvalue weighted by Gasteiger charge is 2.13. The average molecular weight is 336 g/mol. The first-order valence-corrected chi connectivity index (χ1v) is 8.47. The Hall–Kier alpha value is -2.25. The summed E-state index contributed by atoms with van der Waals surface area (Å²) in [7, 11) is -3.60. The molecule has 0 saturated carbocycles. The van der Waals surface area contributed by atoms with E-state index in [1.807, 2.05) is 6.92 Å². The lowest BCUT2D eigenvalue weighted by atomic mass is 10.2. The van der Waals surface area contributed by atoms with Gasteiger partial charge in [-0.05, 0) is 43.3 Å². The summed E-state index contributed by atoms with van der Waals surface area (Å²) >= 11 is 0. The van der Waals surface area contributed by atoms with Crippen molar-refractivity contribution in [1.29, 1.82) is 0 Å². The zero-order chi connectivity index (χ0) is 16.9. The summed E-state index contributed by atoms with van der Waals surface area (Å²) in [6, 6.07) is 11.6. The SMILES string of the molecule is Cc1ccc(S(=O)(=O)NCCNC(=O)c2ccc(F)cc2)cc1. The molecule has 0 aliphatic heterocycles. The van der Waals surface area contributed by atoms with Crippen LogP contribution >= 0.6 is 0 Å². The number of hydrogen-bond acceptors (Lipinski definition) is 3. The van der Waals surface area contributed by atoms with Gasteiger partial charge in [-0.3, -0.25) is 4.79 Å². The Bertz CT molecular complexity index is 772. The van der Waals surface area contributed by atoms with Crippen LogP contribution in [0.3, 0.4) is 0 Å². The third-order valence-electron chi connectivity index (χ3n) is 3.14. The number of carbonyl (C=O) groups is 1. The van der Waals surface area contributed by atoms with E-state index < -0.39 is 15.8 Å². The minimum Gasteiger partial charge on any atom is -0.351 e. The third kappa shape index (κ3) is 4.87. The van der Waals surface area contributed by atoms with Gasteiger partial charge in [0.1, 0.15) is 5.82 Å². The van der Waals surface area contributed by atoms with E-state index in [1.165, 1.54) is 36.4 Å². The van der Waals surface area contributed by atoms with Gasteiger partial charge in [-0.1, -0.05) is 17.7 Å². The molecule has 0 aliphatic rings. The quantitative estimate of drug-likeness (QED) is 0.791. The van der Waals surface area contributed by atoms with Crippen LogP contribution in [0.25, 0.3) is 0 Å². The van der Waals surface area contributed by atoms with Crippen molar-refractivity contribution < 1.29 is 17.6 Å². The van der Waals surface area contributed by atoms with Gasteiger partial charge in [0.2, 0.25) is 10.0 Å². The monoisotopic (exact) mass is 336 g/mol. The van der Waals surface area contributed by atoms with Crippen LogP contribution in [0.4, 0.5) is 4.39 Å². The average Bonchev–Trinajstić information content (AvgIpc) is 2.52. The first-order chi connectivity index (χ1) is 10.9. The van der Waals surface area contributed by atoms with Crippen LogP contribution in [0, 0.1) is 12.7 Å². The number of amides is 1. The summed E-state index contributed by atoms with van der Waals surface area (Å²) in [5.74, 6) is -0.813. The van der Waals surface area contributed by atoms with Crippen LogP contribution in [0.1, 0.15) is 15.9 Å². The molecule has 7 heteroatoms. The van der Waals surface area contributed by atoms with Crippen molar-refractivity contribution in [1.82, 2.24) is 10.0 Å². The Morgan fingerprint density at radius 2 is 1.61 bits per heavy atom. The van der Waals surface area contributed by atoms with E-state index >= 15 is 0 Å². The predicted molar refractivity (Wildman–Crippen MR) is 85.1 cm³/mol. The second-order valence-electron chi connectivity index (χ2n) is 4.97. The molecule has 2 rings (SSSR count). The smallest absolute Gasteiger partial charge is 0.251 e. The van der Waals surface area contributed by atoms with Crippen molar-refractivity contribution in [2.24, 2.45) is 0 Å². The summed E-state index contributed by atoms with van der Waals surface area (Å²) < 4.78 is 39.2. The van der Waals surface area contributed by atoms with Crippen molar-refractivity contribution in [3.63, 3.8) is 0 Å². The van der Waals surface area contributed by atoms with E-state index in [4.69, 9.17) is 0 Å². The van der Waals surface area contributed by atoms with E-state index in [0.717, 1.165) is 5.56 Å². The number of benzene rings is 2. The second kappa shape index (κ2) is 7.34. The van der Waals surface area contributed by atoms with Crippen LogP contribution in [0.2, 0.25) is 0 Å². The highest BCUT2D eigenvalue weighted by Crippen LogP contribution is 2.09. The van der Waals surface area contributed by atoms with Gasteiger partial charge in [0.15, 0.2) is 0 Å². The second-order valence-corrected chi connectivity index (χ2v) is 6.74. The normalized spacial score (nSPS) is 11.2. The molecule has 2 N–H and O–H groups in total. The van der Waals surface area contributed by atoms with Gasteiger partial charge in [0.05, 0.1) is 4.90 Å². The van der Waals surface area contributed by atoms with Crippen LogP contribution in [0.5, 0.6) is 0 Å². The number of halogens is 1. The molecule has 0 spiro atoms. The van der Waals surface area contributed by atoms with E-state index in [2.05, 4.69) is 10.0 Å². The standard InChI is InChI=1S/C16H17FN2O3S/c1-12-2-8-15(9-3-12)23(21,22)19-11-10-18-16(20)13-4-6-14(17)7-5-13/h2-9,19H,10-11H2,1H3,(H,18,20). The number of sulfonamides is 1. The molecule has 2 aromatic carbocycles. The molecule has 1 amide bonds. The molecule has 0 aromatic heterocycles. The van der Waals surface area contributed by atoms with Crippen LogP contribution in [-0.4, -0.2) is 27.4 Å². The van der Waals surface area contributed by atoms with Crippen molar-refractivity contribution in [3.05, 3.63) is 65.5 Å². The molecule has 0 bridgehead atoms. The summed E-state index contributed by atoms with van der Waals surface area (Å²) in [5, 5.41) is 2.56. The van der Waals surface area contributed by atoms with Crippen LogP contribution in [-0.2, 0) is 10.0 Å². The number of rotatable bonds is 6. The molecular formula is C16H17FN2O3S. The number of nitrogens with one attached hydrogen (secondary N) is 2. The first kappa shape index (κ1) is 17.1. The largest absolute Gasteiger partial charge is 0.351 e. The predicted octanol–water partition coefficient (Wildman–Crippen LogP) is 1.84. The molecule has 2 aromatic rings. The van der Waals surface area contributed by atoms with Gasteiger partial charge in [0, 0.05) is 18.7 Å². The summed E-state index contributed by atoms with van der Waals surface area (Å²) in [5.41, 5.74) is 1.28. The molecule has 5 nitrogen and oxygen atoms in total. The zero-order valence-electron chi connectivity index (χ0n) is 12.5. The van der Waals surface area contributed by atoms with Gasteiger partial charge in [0.25, 0.3) is 5.91 Å². The van der Waals surface area contributed by atoms with E-state index in [9.17, 15) is 17.6 Å². The highest BCUT2D eigenvalue weighted by molar-refractivity contribution is 7.89. The molecule has 0 fully saturated rings. The highest BCUT2D eigenvalue weighted by atomic mass is 32.2. The van der Waals surface area contributed by atoms with Gasteiger partial charge in [-0.15, -0.1) is 0 Å².